The van der Waals surface area contributed by atoms with Crippen LogP contribution < -0.4 is 5.32 Å². The van der Waals surface area contributed by atoms with Crippen LogP contribution in [0.5, 0.6) is 0 Å². The Morgan fingerprint density at radius 1 is 1.23 bits per heavy atom. The van der Waals surface area contributed by atoms with Crippen molar-refractivity contribution in [3.8, 4) is 0 Å². The molecule has 118 valence electrons. The summed E-state index contributed by atoms with van der Waals surface area (Å²) in [5, 5.41) is 6.73. The number of aromatic nitrogens is 2. The van der Waals surface area contributed by atoms with Crippen LogP contribution in [0.1, 0.15) is 56.7 Å². The highest BCUT2D eigenvalue weighted by atomic mass is 19.1. The normalized spacial score (nSPS) is 12.3. The first kappa shape index (κ1) is 16.1. The monoisotopic (exact) mass is 305 g/mol. The molecule has 1 amide bonds. The summed E-state index contributed by atoms with van der Waals surface area (Å²) in [6.07, 6.45) is 0. The predicted molar refractivity (Wildman–Crippen MR) is 79.9 cm³/mol. The third kappa shape index (κ3) is 3.50. The van der Waals surface area contributed by atoms with Crippen molar-refractivity contribution in [1.29, 1.82) is 0 Å². The second kappa shape index (κ2) is 5.51. The lowest BCUT2D eigenvalue weighted by atomic mass is 9.97. The Kier molecular flexibility index (Phi) is 4.04. The van der Waals surface area contributed by atoms with E-state index < -0.39 is 17.3 Å². The van der Waals surface area contributed by atoms with Crippen molar-refractivity contribution in [2.24, 2.45) is 0 Å². The molecule has 1 N–H and O–H groups in total. The molecular formula is C16H20FN3O2. The highest BCUT2D eigenvalue weighted by molar-refractivity contribution is 5.94. The van der Waals surface area contributed by atoms with Crippen LogP contribution in [0.25, 0.3) is 0 Å². The fourth-order valence-corrected chi connectivity index (χ4v) is 1.82. The largest absolute Gasteiger partial charge is 0.340 e. The lowest BCUT2D eigenvalue weighted by Gasteiger charge is -2.22. The standard InChI is InChI=1S/C16H20FN3O2/c1-15(2,3)14-18-13(20-22-14)16(4,5)19-12(21)10-7-6-8-11(17)9-10/h6-9H,1-5H3,(H,19,21). The van der Waals surface area contributed by atoms with E-state index in [1.807, 2.05) is 20.8 Å². The van der Waals surface area contributed by atoms with Gasteiger partial charge in [0.2, 0.25) is 5.89 Å². The number of amides is 1. The van der Waals surface area contributed by atoms with Crippen LogP contribution in [-0.4, -0.2) is 16.0 Å². The SMILES string of the molecule is CC(C)(C)c1nc(C(C)(C)NC(=O)c2cccc(F)c2)no1. The molecule has 0 unspecified atom stereocenters. The summed E-state index contributed by atoms with van der Waals surface area (Å²) in [6.45, 7) is 9.41. The van der Waals surface area contributed by atoms with E-state index in [4.69, 9.17) is 4.52 Å². The number of carbonyl (C=O) groups is 1. The van der Waals surface area contributed by atoms with Crippen LogP contribution in [-0.2, 0) is 11.0 Å². The van der Waals surface area contributed by atoms with E-state index in [2.05, 4.69) is 15.5 Å². The first-order valence-electron chi connectivity index (χ1n) is 7.02. The summed E-state index contributed by atoms with van der Waals surface area (Å²) in [6, 6.07) is 5.51. The number of rotatable bonds is 3. The summed E-state index contributed by atoms with van der Waals surface area (Å²) in [5.41, 5.74) is -0.864. The average Bonchev–Trinajstić information content (AvgIpc) is 2.88. The summed E-state index contributed by atoms with van der Waals surface area (Å²) in [7, 11) is 0. The molecule has 2 rings (SSSR count). The molecule has 0 aliphatic heterocycles. The maximum atomic E-state index is 13.2. The van der Waals surface area contributed by atoms with E-state index in [1.54, 1.807) is 19.9 Å². The van der Waals surface area contributed by atoms with Crippen LogP contribution in [0.3, 0.4) is 0 Å². The lowest BCUT2D eigenvalue weighted by Crippen LogP contribution is -2.42. The van der Waals surface area contributed by atoms with Crippen molar-refractivity contribution in [3.63, 3.8) is 0 Å². The Morgan fingerprint density at radius 2 is 1.91 bits per heavy atom. The zero-order valence-corrected chi connectivity index (χ0v) is 13.4. The number of hydrogen-bond donors (Lipinski definition) is 1. The van der Waals surface area contributed by atoms with E-state index in [0.29, 0.717) is 11.7 Å². The Balaban J connectivity index is 2.20. The number of halogens is 1. The van der Waals surface area contributed by atoms with E-state index >= 15 is 0 Å². The highest BCUT2D eigenvalue weighted by Crippen LogP contribution is 2.24. The van der Waals surface area contributed by atoms with E-state index in [-0.39, 0.29) is 11.0 Å². The molecule has 0 aliphatic rings. The molecular weight excluding hydrogens is 285 g/mol. The molecule has 22 heavy (non-hydrogen) atoms. The van der Waals surface area contributed by atoms with Gasteiger partial charge in [-0.25, -0.2) is 4.39 Å². The molecule has 6 heteroatoms. The zero-order valence-electron chi connectivity index (χ0n) is 13.4. The Morgan fingerprint density at radius 3 is 2.45 bits per heavy atom. The van der Waals surface area contributed by atoms with Gasteiger partial charge in [0.15, 0.2) is 5.82 Å². The summed E-state index contributed by atoms with van der Waals surface area (Å²) >= 11 is 0. The van der Waals surface area contributed by atoms with Gasteiger partial charge < -0.3 is 9.84 Å². The fourth-order valence-electron chi connectivity index (χ4n) is 1.82. The first-order valence-corrected chi connectivity index (χ1v) is 7.02. The minimum atomic E-state index is -0.837. The van der Waals surface area contributed by atoms with Crippen molar-refractivity contribution >= 4 is 5.91 Å². The highest BCUT2D eigenvalue weighted by Gasteiger charge is 2.31. The van der Waals surface area contributed by atoms with Gasteiger partial charge in [0.25, 0.3) is 5.91 Å². The van der Waals surface area contributed by atoms with Gasteiger partial charge in [-0.15, -0.1) is 0 Å². The molecule has 0 fully saturated rings. The van der Waals surface area contributed by atoms with Crippen molar-refractivity contribution in [1.82, 2.24) is 15.5 Å². The molecule has 0 atom stereocenters. The van der Waals surface area contributed by atoms with Gasteiger partial charge in [0, 0.05) is 11.0 Å². The Labute approximate surface area is 128 Å². The van der Waals surface area contributed by atoms with Crippen LogP contribution in [0.2, 0.25) is 0 Å². The molecule has 0 saturated carbocycles. The Bertz CT molecular complexity index is 687. The smallest absolute Gasteiger partial charge is 0.252 e. The van der Waals surface area contributed by atoms with Gasteiger partial charge in [-0.05, 0) is 32.0 Å². The van der Waals surface area contributed by atoms with E-state index in [9.17, 15) is 9.18 Å². The summed E-state index contributed by atoms with van der Waals surface area (Å²) in [5.74, 6) is 0.0180. The molecule has 0 spiro atoms. The molecule has 2 aromatic rings. The summed E-state index contributed by atoms with van der Waals surface area (Å²) < 4.78 is 18.4. The Hall–Kier alpha value is -2.24. The van der Waals surface area contributed by atoms with Gasteiger partial charge in [0.05, 0.1) is 5.54 Å². The zero-order chi connectivity index (χ0) is 16.5. The number of hydrogen-bond acceptors (Lipinski definition) is 4. The van der Waals surface area contributed by atoms with Gasteiger partial charge in [-0.3, -0.25) is 4.79 Å². The van der Waals surface area contributed by atoms with Crippen molar-refractivity contribution in [2.75, 3.05) is 0 Å². The molecule has 0 aliphatic carbocycles. The molecule has 0 saturated heterocycles. The molecule has 0 bridgehead atoms. The predicted octanol–water partition coefficient (Wildman–Crippen LogP) is 3.17. The first-order chi connectivity index (χ1) is 10.1. The van der Waals surface area contributed by atoms with Gasteiger partial charge in [-0.1, -0.05) is 32.0 Å². The van der Waals surface area contributed by atoms with Crippen LogP contribution in [0.15, 0.2) is 28.8 Å². The third-order valence-electron chi connectivity index (χ3n) is 3.14. The van der Waals surface area contributed by atoms with Gasteiger partial charge >= 0.3 is 0 Å². The molecule has 1 heterocycles. The molecule has 1 aromatic heterocycles. The van der Waals surface area contributed by atoms with Crippen LogP contribution in [0.4, 0.5) is 4.39 Å². The molecule has 1 aromatic carbocycles. The average molecular weight is 305 g/mol. The van der Waals surface area contributed by atoms with Gasteiger partial charge in [0.1, 0.15) is 5.82 Å². The number of nitrogens with one attached hydrogen (secondary N) is 1. The maximum absolute atomic E-state index is 13.2. The number of benzene rings is 1. The van der Waals surface area contributed by atoms with Crippen molar-refractivity contribution < 1.29 is 13.7 Å². The van der Waals surface area contributed by atoms with Crippen molar-refractivity contribution in [2.45, 2.75) is 45.6 Å². The quantitative estimate of drug-likeness (QED) is 0.945. The summed E-state index contributed by atoms with van der Waals surface area (Å²) in [4.78, 5) is 16.6. The van der Waals surface area contributed by atoms with Crippen molar-refractivity contribution in [3.05, 3.63) is 47.4 Å². The maximum Gasteiger partial charge on any atom is 0.252 e. The lowest BCUT2D eigenvalue weighted by molar-refractivity contribution is 0.0907. The fraction of sp³-hybridized carbons (Fsp3) is 0.438. The van der Waals surface area contributed by atoms with Crippen LogP contribution in [0, 0.1) is 5.82 Å². The molecule has 0 radical (unpaired) electrons. The van der Waals surface area contributed by atoms with E-state index in [1.165, 1.54) is 18.2 Å². The topological polar surface area (TPSA) is 68.0 Å². The number of nitrogens with zero attached hydrogens (tertiary/aromatic N) is 2. The van der Waals surface area contributed by atoms with Gasteiger partial charge in [-0.2, -0.15) is 4.98 Å². The second-order valence-electron chi connectivity index (χ2n) is 6.76. The van der Waals surface area contributed by atoms with E-state index in [0.717, 1.165) is 0 Å². The third-order valence-corrected chi connectivity index (χ3v) is 3.14. The second-order valence-corrected chi connectivity index (χ2v) is 6.76. The molecule has 5 nitrogen and oxygen atoms in total. The minimum Gasteiger partial charge on any atom is -0.340 e. The number of carbonyl (C=O) groups excluding carboxylic acids is 1. The minimum absolute atomic E-state index is 0.243. The van der Waals surface area contributed by atoms with Crippen LogP contribution >= 0.6 is 0 Å².